The van der Waals surface area contributed by atoms with Gasteiger partial charge in [-0.25, -0.2) is 0 Å². The Kier molecular flexibility index (Phi) is 5.64. The van der Waals surface area contributed by atoms with Gasteiger partial charge in [-0.15, -0.1) is 0 Å². The maximum absolute atomic E-state index is 12.4. The van der Waals surface area contributed by atoms with Crippen molar-refractivity contribution >= 4 is 23.2 Å². The highest BCUT2D eigenvalue weighted by Crippen LogP contribution is 2.51. The number of amides is 2. The Morgan fingerprint density at radius 1 is 0.806 bits per heavy atom. The normalized spacial score (nSPS) is 16.4. The van der Waals surface area contributed by atoms with Crippen LogP contribution in [-0.4, -0.2) is 11.8 Å². The Hall–Kier alpha value is -3.40. The number of hydrogen-bond donors (Lipinski definition) is 2. The quantitative estimate of drug-likeness (QED) is 0.536. The first-order valence-corrected chi connectivity index (χ1v) is 10.7. The Balaban J connectivity index is 1.32. The number of anilines is 2. The third kappa shape index (κ3) is 5.21. The zero-order valence-electron chi connectivity index (χ0n) is 18.2. The molecule has 0 saturated heterocycles. The summed E-state index contributed by atoms with van der Waals surface area (Å²) >= 11 is 0. The minimum absolute atomic E-state index is 0.111. The lowest BCUT2D eigenvalue weighted by Gasteiger charge is -2.09. The molecule has 158 valence electrons. The largest absolute Gasteiger partial charge is 0.326 e. The van der Waals surface area contributed by atoms with Crippen LogP contribution in [0.2, 0.25) is 0 Å². The second-order valence-corrected chi connectivity index (χ2v) is 9.13. The molecule has 1 saturated carbocycles. The van der Waals surface area contributed by atoms with Crippen LogP contribution in [0, 0.1) is 18.3 Å². The molecule has 1 aliphatic carbocycles. The lowest BCUT2D eigenvalue weighted by atomic mass is 10.0. The first-order valence-electron chi connectivity index (χ1n) is 10.7. The summed E-state index contributed by atoms with van der Waals surface area (Å²) in [5.41, 5.74) is 5.85. The van der Waals surface area contributed by atoms with Crippen molar-refractivity contribution in [2.75, 3.05) is 10.6 Å². The smallest absolute Gasteiger partial charge is 0.255 e. The summed E-state index contributed by atoms with van der Waals surface area (Å²) in [6.45, 7) is 6.25. The van der Waals surface area contributed by atoms with Crippen molar-refractivity contribution in [3.05, 3.63) is 95.1 Å². The zero-order chi connectivity index (χ0) is 22.0. The van der Waals surface area contributed by atoms with Crippen LogP contribution >= 0.6 is 0 Å². The van der Waals surface area contributed by atoms with Crippen LogP contribution in [-0.2, 0) is 11.2 Å². The van der Waals surface area contributed by atoms with E-state index >= 15 is 0 Å². The number of nitrogens with one attached hydrogen (secondary N) is 2. The molecule has 31 heavy (non-hydrogen) atoms. The Morgan fingerprint density at radius 3 is 1.77 bits per heavy atom. The van der Waals surface area contributed by atoms with Gasteiger partial charge in [0.1, 0.15) is 0 Å². The van der Waals surface area contributed by atoms with Gasteiger partial charge in [-0.1, -0.05) is 55.8 Å². The van der Waals surface area contributed by atoms with E-state index in [1.165, 1.54) is 5.56 Å². The van der Waals surface area contributed by atoms with Crippen molar-refractivity contribution in [1.29, 1.82) is 0 Å². The number of carbonyl (C=O) groups excluding carboxylic acids is 2. The molecule has 2 N–H and O–H groups in total. The van der Waals surface area contributed by atoms with Gasteiger partial charge in [-0.2, -0.15) is 0 Å². The summed E-state index contributed by atoms with van der Waals surface area (Å²) in [4.78, 5) is 24.6. The topological polar surface area (TPSA) is 58.2 Å². The number of hydrogen-bond acceptors (Lipinski definition) is 2. The summed E-state index contributed by atoms with van der Waals surface area (Å²) in [6.07, 6.45) is 1.74. The summed E-state index contributed by atoms with van der Waals surface area (Å²) in [5, 5.41) is 5.95. The molecule has 1 aliphatic rings. The molecule has 3 aromatic carbocycles. The molecular weight excluding hydrogens is 384 g/mol. The summed E-state index contributed by atoms with van der Waals surface area (Å²) in [5.74, 6) is 0.123. The first-order chi connectivity index (χ1) is 14.8. The van der Waals surface area contributed by atoms with Gasteiger partial charge < -0.3 is 10.6 Å². The standard InChI is InChI=1S/C27H28N2O2/c1-18-4-10-21(11-5-18)25(30)28-22-12-6-19(7-13-22)16-20-8-14-23(15-9-20)29-26(31)24-17-27(24,2)3/h4-15,24H,16-17H2,1-3H3,(H,28,30)(H,29,31). The van der Waals surface area contributed by atoms with Crippen molar-refractivity contribution in [2.24, 2.45) is 11.3 Å². The molecule has 1 unspecified atom stereocenters. The summed E-state index contributed by atoms with van der Waals surface area (Å²) in [7, 11) is 0. The number of benzene rings is 3. The van der Waals surface area contributed by atoms with E-state index in [-0.39, 0.29) is 23.1 Å². The maximum atomic E-state index is 12.4. The highest BCUT2D eigenvalue weighted by molar-refractivity contribution is 6.04. The molecule has 2 amide bonds. The second kappa shape index (κ2) is 8.38. The van der Waals surface area contributed by atoms with Crippen LogP contribution in [0.25, 0.3) is 0 Å². The lowest BCUT2D eigenvalue weighted by molar-refractivity contribution is -0.118. The van der Waals surface area contributed by atoms with Gasteiger partial charge in [-0.05, 0) is 72.7 Å². The van der Waals surface area contributed by atoms with Gasteiger partial charge in [0.15, 0.2) is 0 Å². The highest BCUT2D eigenvalue weighted by atomic mass is 16.2. The van der Waals surface area contributed by atoms with Crippen molar-refractivity contribution in [3.8, 4) is 0 Å². The third-order valence-electron chi connectivity index (χ3n) is 5.99. The zero-order valence-corrected chi connectivity index (χ0v) is 18.2. The molecule has 4 heteroatoms. The van der Waals surface area contributed by atoms with E-state index in [2.05, 4.69) is 24.5 Å². The van der Waals surface area contributed by atoms with Gasteiger partial charge in [0, 0.05) is 22.9 Å². The molecule has 1 fully saturated rings. The summed E-state index contributed by atoms with van der Waals surface area (Å²) in [6, 6.07) is 23.4. The molecule has 0 spiro atoms. The number of carbonyl (C=O) groups is 2. The van der Waals surface area contributed by atoms with E-state index < -0.39 is 0 Å². The monoisotopic (exact) mass is 412 g/mol. The molecule has 4 rings (SSSR count). The van der Waals surface area contributed by atoms with E-state index in [0.717, 1.165) is 35.3 Å². The predicted molar refractivity (Wildman–Crippen MR) is 125 cm³/mol. The molecular formula is C27H28N2O2. The van der Waals surface area contributed by atoms with Crippen molar-refractivity contribution < 1.29 is 9.59 Å². The molecule has 4 nitrogen and oxygen atoms in total. The minimum atomic E-state index is -0.111. The Labute approximate surface area is 183 Å². The lowest BCUT2D eigenvalue weighted by Crippen LogP contribution is -2.16. The molecule has 0 aliphatic heterocycles. The van der Waals surface area contributed by atoms with Crippen molar-refractivity contribution in [3.63, 3.8) is 0 Å². The van der Waals surface area contributed by atoms with Crippen LogP contribution < -0.4 is 10.6 Å². The molecule has 3 aromatic rings. The van der Waals surface area contributed by atoms with Gasteiger partial charge in [0.2, 0.25) is 5.91 Å². The number of aryl methyl sites for hydroxylation is 1. The molecule has 0 heterocycles. The van der Waals surface area contributed by atoms with Gasteiger partial charge in [-0.3, -0.25) is 9.59 Å². The maximum Gasteiger partial charge on any atom is 0.255 e. The third-order valence-corrected chi connectivity index (χ3v) is 5.99. The molecule has 1 atom stereocenters. The number of rotatable bonds is 6. The molecule has 0 aromatic heterocycles. The van der Waals surface area contributed by atoms with Gasteiger partial charge in [0.05, 0.1) is 0 Å². The van der Waals surface area contributed by atoms with E-state index in [9.17, 15) is 9.59 Å². The van der Waals surface area contributed by atoms with Crippen LogP contribution in [0.4, 0.5) is 11.4 Å². The SMILES string of the molecule is Cc1ccc(C(=O)Nc2ccc(Cc3ccc(NC(=O)C4CC4(C)C)cc3)cc2)cc1. The second-order valence-electron chi connectivity index (χ2n) is 9.13. The van der Waals surface area contributed by atoms with Crippen molar-refractivity contribution in [2.45, 2.75) is 33.6 Å². The van der Waals surface area contributed by atoms with E-state index in [1.54, 1.807) is 0 Å². The van der Waals surface area contributed by atoms with Crippen molar-refractivity contribution in [1.82, 2.24) is 0 Å². The fourth-order valence-corrected chi connectivity index (χ4v) is 3.70. The first kappa shape index (κ1) is 20.9. The van der Waals surface area contributed by atoms with Gasteiger partial charge in [0.25, 0.3) is 5.91 Å². The van der Waals surface area contributed by atoms with Crippen LogP contribution in [0.15, 0.2) is 72.8 Å². The molecule has 0 radical (unpaired) electrons. The fourth-order valence-electron chi connectivity index (χ4n) is 3.70. The highest BCUT2D eigenvalue weighted by Gasteiger charge is 2.50. The van der Waals surface area contributed by atoms with E-state index in [0.29, 0.717) is 5.56 Å². The van der Waals surface area contributed by atoms with E-state index in [1.807, 2.05) is 79.7 Å². The average molecular weight is 413 g/mol. The van der Waals surface area contributed by atoms with E-state index in [4.69, 9.17) is 0 Å². The fraction of sp³-hybridized carbons (Fsp3) is 0.259. The van der Waals surface area contributed by atoms with Crippen LogP contribution in [0.5, 0.6) is 0 Å². The predicted octanol–water partition coefficient (Wildman–Crippen LogP) is 5.82. The average Bonchev–Trinajstić information content (AvgIpc) is 3.40. The minimum Gasteiger partial charge on any atom is -0.326 e. The van der Waals surface area contributed by atoms with Crippen LogP contribution in [0.1, 0.15) is 47.3 Å². The molecule has 0 bridgehead atoms. The van der Waals surface area contributed by atoms with Crippen LogP contribution in [0.3, 0.4) is 0 Å². The Bertz CT molecular complexity index is 1080. The Morgan fingerprint density at radius 2 is 1.29 bits per heavy atom. The summed E-state index contributed by atoms with van der Waals surface area (Å²) < 4.78 is 0. The van der Waals surface area contributed by atoms with Gasteiger partial charge >= 0.3 is 0 Å².